The zero-order valence-corrected chi connectivity index (χ0v) is 3.15. The summed E-state index contributed by atoms with van der Waals surface area (Å²) in [5.41, 5.74) is 0. The molecule has 1 aliphatic heterocycles. The highest BCUT2D eigenvalue weighted by molar-refractivity contribution is 5.17. The second-order valence-electron chi connectivity index (χ2n) is 0.968. The van der Waals surface area contributed by atoms with Gasteiger partial charge >= 0.3 is 0 Å². The molecule has 0 aliphatic carbocycles. The molecule has 0 aromatic rings. The van der Waals surface area contributed by atoms with E-state index in [0.717, 1.165) is 6.54 Å². The van der Waals surface area contributed by atoms with Crippen molar-refractivity contribution in [3.05, 3.63) is 0 Å². The van der Waals surface area contributed by atoms with Crippen LogP contribution in [0.15, 0.2) is 0 Å². The lowest BCUT2D eigenvalue weighted by atomic mass is 10.8. The molecule has 0 atom stereocenters. The van der Waals surface area contributed by atoms with Gasteiger partial charge in [-0.3, -0.25) is 4.90 Å². The zero-order chi connectivity index (χ0) is 3.70. The number of hydrogen-bond acceptors (Lipinski definition) is 1. The first kappa shape index (κ1) is 2.59. The Morgan fingerprint density at radius 2 is 2.20 bits per heavy atom. The van der Waals surface area contributed by atoms with Crippen LogP contribution in [0.25, 0.3) is 0 Å². The molecule has 26 valence electrons. The third-order valence-corrected chi connectivity index (χ3v) is 0.586. The molecule has 5 heavy (non-hydrogen) atoms. The molecule has 1 nitrogen and oxygen atoms in total. The van der Waals surface area contributed by atoms with Crippen LogP contribution >= 0.6 is 0 Å². The van der Waals surface area contributed by atoms with Crippen LogP contribution in [0.5, 0.6) is 0 Å². The summed E-state index contributed by atoms with van der Waals surface area (Å²) >= 11 is 0. The van der Waals surface area contributed by atoms with Crippen molar-refractivity contribution in [2.24, 2.45) is 0 Å². The molecular weight excluding hydrogens is 62.1 g/mol. The molecule has 0 fully saturated rings. The van der Waals surface area contributed by atoms with Gasteiger partial charge in [0.1, 0.15) is 0 Å². The molecule has 0 radical (unpaired) electrons. The summed E-state index contributed by atoms with van der Waals surface area (Å²) in [6.07, 6.45) is 0. The summed E-state index contributed by atoms with van der Waals surface area (Å²) in [4.78, 5) is 1.88. The van der Waals surface area contributed by atoms with Gasteiger partial charge in [0.05, 0.1) is 0 Å². The van der Waals surface area contributed by atoms with Crippen molar-refractivity contribution in [2.75, 3.05) is 6.54 Å². The summed E-state index contributed by atoms with van der Waals surface area (Å²) in [5, 5.41) is 0. The summed E-state index contributed by atoms with van der Waals surface area (Å²) in [6.45, 7) is 3.09. The van der Waals surface area contributed by atoms with E-state index in [1.54, 1.807) is 0 Å². The second kappa shape index (κ2) is 0.651. The first-order chi connectivity index (χ1) is 2.43. The van der Waals surface area contributed by atoms with E-state index >= 15 is 0 Å². The molecule has 1 heterocycles. The predicted molar refractivity (Wildman–Crippen MR) is 20.2 cm³/mol. The first-order valence-corrected chi connectivity index (χ1v) is 1.72. The van der Waals surface area contributed by atoms with Gasteiger partial charge in [-0.15, -0.1) is 0 Å². The van der Waals surface area contributed by atoms with Crippen LogP contribution in [-0.2, 0) is 0 Å². The fraction of sp³-hybridized carbons (Fsp3) is 0.500. The van der Waals surface area contributed by atoms with E-state index in [4.69, 9.17) is 0 Å². The minimum atomic E-state index is 1.03. The highest BCUT2D eigenvalue weighted by Crippen LogP contribution is 1.88. The maximum atomic E-state index is 2.77. The SMILES string of the molecule is CCN1C#C1. The van der Waals surface area contributed by atoms with Crippen molar-refractivity contribution in [1.29, 1.82) is 0 Å². The smallest absolute Gasteiger partial charge is 0.0445 e. The lowest BCUT2D eigenvalue weighted by Gasteiger charge is -1.83. The fourth-order valence-corrected chi connectivity index (χ4v) is 0.193. The Balaban J connectivity index is 2.08. The molecule has 0 aromatic heterocycles. The fourth-order valence-electron chi connectivity index (χ4n) is 0.193. The number of hydrogen-bond donors (Lipinski definition) is 0. The van der Waals surface area contributed by atoms with Gasteiger partial charge in [-0.25, -0.2) is 0 Å². The quantitative estimate of drug-likeness (QED) is 0.397. The van der Waals surface area contributed by atoms with Crippen molar-refractivity contribution in [3.63, 3.8) is 0 Å². The zero-order valence-electron chi connectivity index (χ0n) is 3.15. The minimum absolute atomic E-state index is 1.03. The highest BCUT2D eigenvalue weighted by Gasteiger charge is 1.95. The molecule has 1 heteroatoms. The molecule has 0 amide bonds. The van der Waals surface area contributed by atoms with Crippen LogP contribution in [0, 0.1) is 12.1 Å². The average molecular weight is 67.1 g/mol. The number of rotatable bonds is 1. The molecule has 0 aromatic carbocycles. The molecule has 0 unspecified atom stereocenters. The Morgan fingerprint density at radius 3 is 2.20 bits per heavy atom. The van der Waals surface area contributed by atoms with Crippen LogP contribution in [0.2, 0.25) is 0 Å². The predicted octanol–water partition coefficient (Wildman–Crippen LogP) is 0.240. The third kappa shape index (κ3) is 0.327. The van der Waals surface area contributed by atoms with Crippen LogP contribution in [0.1, 0.15) is 6.92 Å². The van der Waals surface area contributed by atoms with E-state index in [2.05, 4.69) is 19.0 Å². The summed E-state index contributed by atoms with van der Waals surface area (Å²) in [5.74, 6) is 0. The standard InChI is InChI=1S/C4H5N/c1-2-5-3-4-5/h2H2,1H3. The van der Waals surface area contributed by atoms with Crippen LogP contribution in [0.3, 0.4) is 0 Å². The Kier molecular flexibility index (Phi) is 0.337. The van der Waals surface area contributed by atoms with Crippen molar-refractivity contribution < 1.29 is 0 Å². The molecule has 0 saturated heterocycles. The van der Waals surface area contributed by atoms with Gasteiger partial charge in [-0.05, 0) is 6.92 Å². The van der Waals surface area contributed by atoms with Crippen molar-refractivity contribution >= 4 is 0 Å². The lowest BCUT2D eigenvalue weighted by Crippen LogP contribution is -1.92. The van der Waals surface area contributed by atoms with Crippen LogP contribution in [0.4, 0.5) is 0 Å². The molecule has 0 spiro atoms. The molecule has 0 N–H and O–H groups in total. The normalized spacial score (nSPS) is 13.4. The Bertz CT molecular complexity index is 77.6. The topological polar surface area (TPSA) is 3.01 Å². The van der Waals surface area contributed by atoms with Gasteiger partial charge in [0.2, 0.25) is 0 Å². The molecule has 1 aliphatic rings. The largest absolute Gasteiger partial charge is 0.258 e. The average Bonchev–Trinajstić information content (AvgIpc) is 2.12. The van der Waals surface area contributed by atoms with E-state index in [1.807, 2.05) is 4.90 Å². The Morgan fingerprint density at radius 1 is 1.60 bits per heavy atom. The van der Waals surface area contributed by atoms with Gasteiger partial charge in [0.25, 0.3) is 0 Å². The van der Waals surface area contributed by atoms with Gasteiger partial charge in [0.15, 0.2) is 0 Å². The van der Waals surface area contributed by atoms with E-state index in [0.29, 0.717) is 0 Å². The van der Waals surface area contributed by atoms with Crippen molar-refractivity contribution in [3.8, 4) is 12.1 Å². The second-order valence-corrected chi connectivity index (χ2v) is 0.968. The van der Waals surface area contributed by atoms with Crippen molar-refractivity contribution in [1.82, 2.24) is 4.90 Å². The minimum Gasteiger partial charge on any atom is -0.258 e. The Labute approximate surface area is 31.6 Å². The van der Waals surface area contributed by atoms with Gasteiger partial charge < -0.3 is 0 Å². The van der Waals surface area contributed by atoms with Gasteiger partial charge in [0, 0.05) is 18.6 Å². The highest BCUT2D eigenvalue weighted by atomic mass is 15.1. The van der Waals surface area contributed by atoms with E-state index < -0.39 is 0 Å². The molecule has 0 bridgehead atoms. The summed E-state index contributed by atoms with van der Waals surface area (Å²) < 4.78 is 0. The molecular formula is C4H5N. The van der Waals surface area contributed by atoms with Crippen molar-refractivity contribution in [2.45, 2.75) is 6.92 Å². The van der Waals surface area contributed by atoms with E-state index in [9.17, 15) is 0 Å². The van der Waals surface area contributed by atoms with E-state index in [1.165, 1.54) is 0 Å². The monoisotopic (exact) mass is 67.0 g/mol. The third-order valence-electron chi connectivity index (χ3n) is 0.586. The maximum absolute atomic E-state index is 2.77. The molecule has 1 rings (SSSR count). The molecule has 0 saturated carbocycles. The van der Waals surface area contributed by atoms with Gasteiger partial charge in [-0.1, -0.05) is 0 Å². The van der Waals surface area contributed by atoms with Crippen LogP contribution in [-0.4, -0.2) is 11.4 Å². The van der Waals surface area contributed by atoms with E-state index in [-0.39, 0.29) is 0 Å². The van der Waals surface area contributed by atoms with Crippen LogP contribution < -0.4 is 0 Å². The summed E-state index contributed by atoms with van der Waals surface area (Å²) in [6, 6.07) is 5.53. The first-order valence-electron chi connectivity index (χ1n) is 1.72. The number of nitrogens with zero attached hydrogens (tertiary/aromatic N) is 1. The lowest BCUT2D eigenvalue weighted by molar-refractivity contribution is 0.666. The van der Waals surface area contributed by atoms with Gasteiger partial charge in [-0.2, -0.15) is 0 Å². The Hall–Kier alpha value is -0.640. The maximum Gasteiger partial charge on any atom is 0.0445 e. The summed E-state index contributed by atoms with van der Waals surface area (Å²) in [7, 11) is 0.